The molecule has 0 bridgehead atoms. The summed E-state index contributed by atoms with van der Waals surface area (Å²) in [4.78, 5) is 32.7. The number of nitrogens with one attached hydrogen (secondary N) is 1. The Bertz CT molecular complexity index is 730. The van der Waals surface area contributed by atoms with E-state index < -0.39 is 0 Å². The molecule has 29 heavy (non-hydrogen) atoms. The van der Waals surface area contributed by atoms with Crippen LogP contribution in [0.1, 0.15) is 30.9 Å². The maximum atomic E-state index is 12.5. The first-order valence-corrected chi connectivity index (χ1v) is 9.91. The zero-order chi connectivity index (χ0) is 20.1. The minimum absolute atomic E-state index is 0. The van der Waals surface area contributed by atoms with Gasteiger partial charge >= 0.3 is 5.97 Å². The van der Waals surface area contributed by atoms with Crippen LogP contribution in [0.5, 0.6) is 0 Å². The number of methoxy groups -OCH3 is 1. The molecule has 1 fully saturated rings. The molecule has 1 amide bonds. The predicted octanol–water partition coefficient (Wildman–Crippen LogP) is 2.24. The monoisotopic (exact) mass is 514 g/mol. The van der Waals surface area contributed by atoms with Gasteiger partial charge in [0.25, 0.3) is 0 Å². The van der Waals surface area contributed by atoms with Gasteiger partial charge in [0, 0.05) is 46.2 Å². The number of hydrogen-bond donors (Lipinski definition) is 1. The summed E-state index contributed by atoms with van der Waals surface area (Å²) in [7, 11) is 3.17. The topological polar surface area (TPSA) is 74.2 Å². The lowest BCUT2D eigenvalue weighted by Crippen LogP contribution is -2.41. The van der Waals surface area contributed by atoms with E-state index in [1.165, 1.54) is 18.2 Å². The molecule has 0 radical (unpaired) electrons. The lowest BCUT2D eigenvalue weighted by atomic mass is 9.99. The molecule has 0 spiro atoms. The third kappa shape index (κ3) is 5.61. The molecule has 1 N–H and O–H groups in total. The summed E-state index contributed by atoms with van der Waals surface area (Å²) in [6.07, 6.45) is 1.26. The molecule has 2 unspecified atom stereocenters. The van der Waals surface area contributed by atoms with Gasteiger partial charge in [0.15, 0.2) is 5.96 Å². The molecule has 7 nitrogen and oxygen atoms in total. The number of amides is 1. The molecule has 3 rings (SSSR count). The number of benzene rings is 1. The third-order valence-corrected chi connectivity index (χ3v) is 5.67. The highest BCUT2D eigenvalue weighted by Gasteiger charge is 2.36. The van der Waals surface area contributed by atoms with E-state index in [0.717, 1.165) is 18.9 Å². The molecule has 1 aromatic rings. The molecule has 8 heteroatoms. The van der Waals surface area contributed by atoms with Crippen molar-refractivity contribution in [3.63, 3.8) is 0 Å². The van der Waals surface area contributed by atoms with Crippen molar-refractivity contribution in [2.45, 2.75) is 32.9 Å². The maximum absolute atomic E-state index is 12.5. The van der Waals surface area contributed by atoms with Gasteiger partial charge in [-0.15, -0.1) is 24.0 Å². The third-order valence-electron chi connectivity index (χ3n) is 5.67. The summed E-state index contributed by atoms with van der Waals surface area (Å²) in [5.41, 5.74) is 2.50. The largest absolute Gasteiger partial charge is 0.469 e. The van der Waals surface area contributed by atoms with Crippen molar-refractivity contribution in [3.8, 4) is 0 Å². The smallest absolute Gasteiger partial charge is 0.310 e. The molecule has 0 aromatic heterocycles. The van der Waals surface area contributed by atoms with Gasteiger partial charge in [0.05, 0.1) is 13.0 Å². The molecule has 0 saturated carbocycles. The van der Waals surface area contributed by atoms with Crippen molar-refractivity contribution in [1.82, 2.24) is 15.1 Å². The summed E-state index contributed by atoms with van der Waals surface area (Å²) in [5.74, 6) is 0.904. The lowest BCUT2D eigenvalue weighted by Gasteiger charge is -2.21. The number of likely N-dealkylation sites (tertiary alicyclic amines) is 1. The number of carbonyl (C=O) groups is 2. The van der Waals surface area contributed by atoms with Crippen LogP contribution in [0.4, 0.5) is 0 Å². The molecular formula is C21H31IN4O3. The first-order valence-electron chi connectivity index (χ1n) is 9.91. The van der Waals surface area contributed by atoms with Crippen LogP contribution in [0.2, 0.25) is 0 Å². The van der Waals surface area contributed by atoms with Crippen molar-refractivity contribution in [1.29, 1.82) is 0 Å². The second-order valence-electron chi connectivity index (χ2n) is 7.61. The van der Waals surface area contributed by atoms with Gasteiger partial charge < -0.3 is 19.9 Å². The molecule has 2 aliphatic heterocycles. The average molecular weight is 514 g/mol. The number of fused-ring (bicyclic) bond motifs is 1. The van der Waals surface area contributed by atoms with Crippen LogP contribution < -0.4 is 5.32 Å². The molecule has 2 heterocycles. The number of guanidine groups is 1. The van der Waals surface area contributed by atoms with E-state index in [1.807, 2.05) is 17.0 Å². The van der Waals surface area contributed by atoms with E-state index in [9.17, 15) is 9.59 Å². The normalized spacial score (nSPS) is 20.9. The van der Waals surface area contributed by atoms with Gasteiger partial charge in [-0.3, -0.25) is 14.6 Å². The molecule has 2 atom stereocenters. The Labute approximate surface area is 189 Å². The highest BCUT2D eigenvalue weighted by atomic mass is 127. The van der Waals surface area contributed by atoms with Crippen LogP contribution in [-0.4, -0.2) is 61.4 Å². The van der Waals surface area contributed by atoms with Crippen LogP contribution in [0.3, 0.4) is 0 Å². The van der Waals surface area contributed by atoms with Crippen LogP contribution >= 0.6 is 24.0 Å². The van der Waals surface area contributed by atoms with Crippen molar-refractivity contribution < 1.29 is 14.3 Å². The summed E-state index contributed by atoms with van der Waals surface area (Å²) >= 11 is 0. The first kappa shape index (κ1) is 23.4. The number of rotatable bonds is 5. The fourth-order valence-electron chi connectivity index (χ4n) is 4.04. The highest BCUT2D eigenvalue weighted by molar-refractivity contribution is 14.0. The Morgan fingerprint density at radius 1 is 1.17 bits per heavy atom. The van der Waals surface area contributed by atoms with E-state index in [0.29, 0.717) is 32.6 Å². The quantitative estimate of drug-likeness (QED) is 0.215. The van der Waals surface area contributed by atoms with E-state index in [4.69, 9.17) is 4.74 Å². The summed E-state index contributed by atoms with van der Waals surface area (Å²) in [5, 5.41) is 3.33. The van der Waals surface area contributed by atoms with E-state index in [-0.39, 0.29) is 47.7 Å². The highest BCUT2D eigenvalue weighted by Crippen LogP contribution is 2.24. The van der Waals surface area contributed by atoms with Gasteiger partial charge in [-0.1, -0.05) is 31.2 Å². The van der Waals surface area contributed by atoms with Gasteiger partial charge in [-0.05, 0) is 23.5 Å². The summed E-state index contributed by atoms with van der Waals surface area (Å²) in [6.45, 7) is 5.53. The van der Waals surface area contributed by atoms with Gasteiger partial charge in [-0.2, -0.15) is 0 Å². The molecule has 160 valence electrons. The standard InChI is InChI=1S/C21H30N4O3.HI/c1-15-11-25(14-18(15)20(27)28-3)21(22-2)23-10-6-9-19(26)24-12-16-7-4-5-8-17(16)13-24;/h4-5,7-8,15,18H,6,9-14H2,1-3H3,(H,22,23);1H. The minimum Gasteiger partial charge on any atom is -0.469 e. The Hall–Kier alpha value is -1.84. The van der Waals surface area contributed by atoms with Crippen molar-refractivity contribution in [2.24, 2.45) is 16.8 Å². The van der Waals surface area contributed by atoms with E-state index >= 15 is 0 Å². The molecule has 1 aromatic carbocycles. The Balaban J connectivity index is 0.00000300. The molecular weight excluding hydrogens is 483 g/mol. The van der Waals surface area contributed by atoms with Gasteiger partial charge in [-0.25, -0.2) is 0 Å². The zero-order valence-electron chi connectivity index (χ0n) is 17.4. The maximum Gasteiger partial charge on any atom is 0.310 e. The second kappa shape index (κ2) is 10.8. The molecule has 2 aliphatic rings. The van der Waals surface area contributed by atoms with Crippen LogP contribution in [0.15, 0.2) is 29.3 Å². The van der Waals surface area contributed by atoms with Crippen LogP contribution in [0, 0.1) is 11.8 Å². The Morgan fingerprint density at radius 2 is 1.83 bits per heavy atom. The number of carbonyl (C=O) groups excluding carboxylic acids is 2. The molecule has 0 aliphatic carbocycles. The van der Waals surface area contributed by atoms with Crippen molar-refractivity contribution >= 4 is 41.8 Å². The van der Waals surface area contributed by atoms with E-state index in [1.54, 1.807) is 7.05 Å². The van der Waals surface area contributed by atoms with E-state index in [2.05, 4.69) is 34.3 Å². The minimum atomic E-state index is -0.164. The number of halogens is 1. The van der Waals surface area contributed by atoms with Crippen molar-refractivity contribution in [3.05, 3.63) is 35.4 Å². The summed E-state index contributed by atoms with van der Waals surface area (Å²) < 4.78 is 4.90. The van der Waals surface area contributed by atoms with Gasteiger partial charge in [0.1, 0.15) is 0 Å². The second-order valence-corrected chi connectivity index (χ2v) is 7.61. The predicted molar refractivity (Wildman–Crippen MR) is 123 cm³/mol. The zero-order valence-corrected chi connectivity index (χ0v) is 19.7. The van der Waals surface area contributed by atoms with Gasteiger partial charge in [0.2, 0.25) is 5.91 Å². The average Bonchev–Trinajstić information content (AvgIpc) is 3.31. The fraction of sp³-hybridized carbons (Fsp3) is 0.571. The van der Waals surface area contributed by atoms with Crippen LogP contribution in [-0.2, 0) is 27.4 Å². The Morgan fingerprint density at radius 3 is 2.41 bits per heavy atom. The number of esters is 1. The number of nitrogens with zero attached hydrogens (tertiary/aromatic N) is 3. The van der Waals surface area contributed by atoms with Crippen LogP contribution in [0.25, 0.3) is 0 Å². The fourth-order valence-corrected chi connectivity index (χ4v) is 4.04. The number of hydrogen-bond acceptors (Lipinski definition) is 4. The Kier molecular flexibility index (Phi) is 8.73. The first-order chi connectivity index (χ1) is 13.5. The van der Waals surface area contributed by atoms with Crippen molar-refractivity contribution in [2.75, 3.05) is 33.8 Å². The summed E-state index contributed by atoms with van der Waals surface area (Å²) in [6, 6.07) is 8.22. The number of ether oxygens (including phenoxy) is 1. The number of aliphatic imine (C=N–C) groups is 1. The molecule has 1 saturated heterocycles. The SMILES string of the molecule is CN=C(NCCCC(=O)N1Cc2ccccc2C1)N1CC(C)C(C(=O)OC)C1.I. The lowest BCUT2D eigenvalue weighted by molar-refractivity contribution is -0.146.